The number of rotatable bonds is 3. The third-order valence-corrected chi connectivity index (χ3v) is 3.35. The highest BCUT2D eigenvalue weighted by Crippen LogP contribution is 2.25. The van der Waals surface area contributed by atoms with Gasteiger partial charge < -0.3 is 10.2 Å². The van der Waals surface area contributed by atoms with Crippen molar-refractivity contribution in [2.24, 2.45) is 0 Å². The molecule has 1 aromatic rings. The number of nitro benzene ring substituents is 1. The molecule has 1 saturated heterocycles. The molecule has 0 bridgehead atoms. The van der Waals surface area contributed by atoms with Gasteiger partial charge >= 0.3 is 0 Å². The predicted octanol–water partition coefficient (Wildman–Crippen LogP) is 1.31. The molecule has 6 nitrogen and oxygen atoms in total. The van der Waals surface area contributed by atoms with Gasteiger partial charge in [-0.2, -0.15) is 0 Å². The molecule has 0 radical (unpaired) electrons. The van der Waals surface area contributed by atoms with Gasteiger partial charge in [0.1, 0.15) is 5.56 Å². The zero-order valence-corrected chi connectivity index (χ0v) is 10.7. The summed E-state index contributed by atoms with van der Waals surface area (Å²) in [6.07, 6.45) is 0.708. The van der Waals surface area contributed by atoms with Crippen molar-refractivity contribution in [1.29, 1.82) is 0 Å². The number of likely N-dealkylation sites (N-methyl/N-ethyl adjacent to an activating group) is 1. The fraction of sp³-hybridized carbons (Fsp3) is 0.417. The second-order valence-electron chi connectivity index (χ2n) is 4.57. The van der Waals surface area contributed by atoms with Crippen molar-refractivity contribution in [1.82, 2.24) is 10.2 Å². The average Bonchev–Trinajstić information content (AvgIpc) is 2.89. The van der Waals surface area contributed by atoms with Gasteiger partial charge in [-0.1, -0.05) is 0 Å². The number of carbonyl (C=O) groups excluding carboxylic acids is 1. The summed E-state index contributed by atoms with van der Waals surface area (Å²) in [5, 5.41) is 13.9. The molecule has 1 atom stereocenters. The van der Waals surface area contributed by atoms with E-state index in [9.17, 15) is 23.7 Å². The van der Waals surface area contributed by atoms with Crippen molar-refractivity contribution in [3.05, 3.63) is 39.4 Å². The maximum Gasteiger partial charge on any atom is 0.285 e. The van der Waals surface area contributed by atoms with E-state index in [4.69, 9.17) is 0 Å². The minimum absolute atomic E-state index is 0.100. The van der Waals surface area contributed by atoms with Crippen molar-refractivity contribution in [3.8, 4) is 0 Å². The first-order valence-electron chi connectivity index (χ1n) is 6.04. The topological polar surface area (TPSA) is 75.5 Å². The Morgan fingerprint density at radius 2 is 2.10 bits per heavy atom. The molecule has 1 unspecified atom stereocenters. The molecule has 1 N–H and O–H groups in total. The van der Waals surface area contributed by atoms with Gasteiger partial charge in [-0.25, -0.2) is 8.78 Å². The molecule has 0 spiro atoms. The van der Waals surface area contributed by atoms with Crippen LogP contribution in [0.5, 0.6) is 0 Å². The van der Waals surface area contributed by atoms with Crippen LogP contribution in [0, 0.1) is 21.7 Å². The van der Waals surface area contributed by atoms with Crippen LogP contribution in [0.1, 0.15) is 16.8 Å². The number of benzene rings is 1. The number of nitrogens with zero attached hydrogens (tertiary/aromatic N) is 2. The standard InChI is InChI=1S/C12H13F2N3O3/c1-15-7-2-3-16(6-7)12(18)8-4-9(13)10(14)5-11(8)17(19)20/h4-5,7,15H,2-3,6H2,1H3. The van der Waals surface area contributed by atoms with Gasteiger partial charge in [0, 0.05) is 19.1 Å². The number of amides is 1. The molecule has 1 heterocycles. The molecule has 2 rings (SSSR count). The SMILES string of the molecule is CNC1CCN(C(=O)c2cc(F)c(F)cc2[N+](=O)[O-])C1. The second kappa shape index (κ2) is 5.49. The molecule has 0 aromatic heterocycles. The monoisotopic (exact) mass is 285 g/mol. The summed E-state index contributed by atoms with van der Waals surface area (Å²) >= 11 is 0. The number of halogens is 2. The number of hydrogen-bond acceptors (Lipinski definition) is 4. The summed E-state index contributed by atoms with van der Waals surface area (Å²) < 4.78 is 26.3. The maximum absolute atomic E-state index is 13.2. The molecule has 0 aliphatic carbocycles. The van der Waals surface area contributed by atoms with Gasteiger partial charge in [0.15, 0.2) is 11.6 Å². The lowest BCUT2D eigenvalue weighted by molar-refractivity contribution is -0.385. The number of hydrogen-bond donors (Lipinski definition) is 1. The lowest BCUT2D eigenvalue weighted by atomic mass is 10.1. The molecule has 1 aliphatic heterocycles. The van der Waals surface area contributed by atoms with Crippen LogP contribution in [-0.2, 0) is 0 Å². The minimum atomic E-state index is -1.34. The van der Waals surface area contributed by atoms with E-state index in [0.29, 0.717) is 31.6 Å². The molecule has 1 aliphatic rings. The largest absolute Gasteiger partial charge is 0.337 e. The van der Waals surface area contributed by atoms with Crippen LogP contribution in [0.15, 0.2) is 12.1 Å². The molecule has 0 saturated carbocycles. The summed E-state index contributed by atoms with van der Waals surface area (Å²) in [7, 11) is 1.75. The second-order valence-corrected chi connectivity index (χ2v) is 4.57. The van der Waals surface area contributed by atoms with Crippen LogP contribution >= 0.6 is 0 Å². The number of nitrogens with one attached hydrogen (secondary N) is 1. The third-order valence-electron chi connectivity index (χ3n) is 3.35. The van der Waals surface area contributed by atoms with Gasteiger partial charge in [0.05, 0.1) is 11.0 Å². The van der Waals surface area contributed by atoms with E-state index in [-0.39, 0.29) is 6.04 Å². The molecule has 20 heavy (non-hydrogen) atoms. The number of carbonyl (C=O) groups is 1. The highest BCUT2D eigenvalue weighted by atomic mass is 19.2. The molecule has 108 valence electrons. The molecule has 1 amide bonds. The molecule has 1 fully saturated rings. The van der Waals surface area contributed by atoms with E-state index in [2.05, 4.69) is 5.32 Å². The first kappa shape index (κ1) is 14.3. The van der Waals surface area contributed by atoms with Crippen molar-refractivity contribution < 1.29 is 18.5 Å². The van der Waals surface area contributed by atoms with Crippen molar-refractivity contribution in [2.75, 3.05) is 20.1 Å². The van der Waals surface area contributed by atoms with Crippen LogP contribution < -0.4 is 5.32 Å². The Bertz CT molecular complexity index is 565. The summed E-state index contributed by atoms with van der Waals surface area (Å²) in [6.45, 7) is 0.798. The van der Waals surface area contributed by atoms with Crippen molar-refractivity contribution in [2.45, 2.75) is 12.5 Å². The van der Waals surface area contributed by atoms with Gasteiger partial charge in [-0.3, -0.25) is 14.9 Å². The average molecular weight is 285 g/mol. The zero-order valence-electron chi connectivity index (χ0n) is 10.7. The van der Waals surface area contributed by atoms with E-state index in [1.807, 2.05) is 0 Å². The Morgan fingerprint density at radius 1 is 1.45 bits per heavy atom. The van der Waals surface area contributed by atoms with Gasteiger partial charge in [-0.15, -0.1) is 0 Å². The smallest absolute Gasteiger partial charge is 0.285 e. The van der Waals surface area contributed by atoms with E-state index in [1.54, 1.807) is 7.05 Å². The van der Waals surface area contributed by atoms with E-state index in [0.717, 1.165) is 0 Å². The summed E-state index contributed by atoms with van der Waals surface area (Å²) in [5.74, 6) is -3.28. The van der Waals surface area contributed by atoms with Crippen molar-refractivity contribution in [3.63, 3.8) is 0 Å². The fourth-order valence-electron chi connectivity index (χ4n) is 2.21. The quantitative estimate of drug-likeness (QED) is 0.671. The van der Waals surface area contributed by atoms with Crippen LogP contribution in [0.25, 0.3) is 0 Å². The third kappa shape index (κ3) is 2.60. The highest BCUT2D eigenvalue weighted by Gasteiger charge is 2.31. The zero-order chi connectivity index (χ0) is 14.9. The first-order valence-corrected chi connectivity index (χ1v) is 6.04. The van der Waals surface area contributed by atoms with Crippen LogP contribution in [0.3, 0.4) is 0 Å². The Labute approximate surface area is 113 Å². The van der Waals surface area contributed by atoms with E-state index in [1.165, 1.54) is 4.90 Å². The van der Waals surface area contributed by atoms with Crippen molar-refractivity contribution >= 4 is 11.6 Å². The van der Waals surface area contributed by atoms with Crippen LogP contribution in [0.2, 0.25) is 0 Å². The number of likely N-dealkylation sites (tertiary alicyclic amines) is 1. The summed E-state index contributed by atoms with van der Waals surface area (Å²) in [5.41, 5.74) is -1.15. The van der Waals surface area contributed by atoms with E-state index < -0.39 is 33.7 Å². The first-order chi connectivity index (χ1) is 9.43. The summed E-state index contributed by atoms with van der Waals surface area (Å²) in [4.78, 5) is 23.6. The Kier molecular flexibility index (Phi) is 3.93. The molecular weight excluding hydrogens is 272 g/mol. The lowest BCUT2D eigenvalue weighted by Gasteiger charge is -2.16. The lowest BCUT2D eigenvalue weighted by Crippen LogP contribution is -2.33. The van der Waals surface area contributed by atoms with Gasteiger partial charge in [0.25, 0.3) is 11.6 Å². The fourth-order valence-corrected chi connectivity index (χ4v) is 2.21. The van der Waals surface area contributed by atoms with Crippen LogP contribution in [0.4, 0.5) is 14.5 Å². The molecule has 8 heteroatoms. The Balaban J connectivity index is 2.34. The Hall–Kier alpha value is -2.09. The van der Waals surface area contributed by atoms with E-state index >= 15 is 0 Å². The number of nitro groups is 1. The molecule has 1 aromatic carbocycles. The minimum Gasteiger partial charge on any atom is -0.337 e. The van der Waals surface area contributed by atoms with Gasteiger partial charge in [-0.05, 0) is 19.5 Å². The Morgan fingerprint density at radius 3 is 2.65 bits per heavy atom. The normalized spacial score (nSPS) is 18.4. The van der Waals surface area contributed by atoms with Crippen LogP contribution in [-0.4, -0.2) is 41.9 Å². The predicted molar refractivity (Wildman–Crippen MR) is 66.4 cm³/mol. The highest BCUT2D eigenvalue weighted by molar-refractivity contribution is 5.98. The van der Waals surface area contributed by atoms with Gasteiger partial charge in [0.2, 0.25) is 0 Å². The maximum atomic E-state index is 13.2. The molecular formula is C12H13F2N3O3. The summed E-state index contributed by atoms with van der Waals surface area (Å²) in [6, 6.07) is 1.12.